The van der Waals surface area contributed by atoms with Crippen molar-refractivity contribution >= 4 is 0 Å². The Balaban J connectivity index is 3.99. The van der Waals surface area contributed by atoms with Crippen LogP contribution >= 0.6 is 0 Å². The standard InChI is InChI=1S/C58H117/c1-5-8-11-14-17-20-23-25-26-27-28-30-33-36-39-45-50-55-58(54-49-44-38-35-32-29-24-21-18-15-12-9-6-2)56-51-46-41-40-43-48-53-57(4)52-47-42-37-34-31-22-19-16-13-10-7-3/h41,57-58H,5-40,42-56H2,1-4H3. The summed E-state index contributed by atoms with van der Waals surface area (Å²) in [6.45, 7) is 9.49. The van der Waals surface area contributed by atoms with Crippen LogP contribution < -0.4 is 0 Å². The maximum absolute atomic E-state index is 2.67. The van der Waals surface area contributed by atoms with Gasteiger partial charge in [0.2, 0.25) is 0 Å². The van der Waals surface area contributed by atoms with Crippen LogP contribution in [0.15, 0.2) is 0 Å². The predicted octanol–water partition coefficient (Wildman–Crippen LogP) is 22.4. The number of hydrogen-bond acceptors (Lipinski definition) is 0. The smallest absolute Gasteiger partial charge is 0.0386 e. The van der Waals surface area contributed by atoms with E-state index in [1.54, 1.807) is 0 Å². The van der Waals surface area contributed by atoms with Gasteiger partial charge in [-0.3, -0.25) is 0 Å². The van der Waals surface area contributed by atoms with Crippen LogP contribution in [-0.2, 0) is 0 Å². The molecule has 349 valence electrons. The fourth-order valence-corrected chi connectivity index (χ4v) is 9.82. The van der Waals surface area contributed by atoms with Gasteiger partial charge in [0.15, 0.2) is 0 Å². The Morgan fingerprint density at radius 2 is 0.431 bits per heavy atom. The minimum Gasteiger partial charge on any atom is -0.0654 e. The lowest BCUT2D eigenvalue weighted by Crippen LogP contribution is -2.02. The molecule has 0 aromatic rings. The average molecular weight is 815 g/mol. The van der Waals surface area contributed by atoms with Crippen molar-refractivity contribution in [3.63, 3.8) is 0 Å². The summed E-state index contributed by atoms with van der Waals surface area (Å²) in [6.07, 6.45) is 77.7. The zero-order valence-corrected chi connectivity index (χ0v) is 41.8. The van der Waals surface area contributed by atoms with E-state index in [-0.39, 0.29) is 0 Å². The molecule has 0 aliphatic carbocycles. The van der Waals surface area contributed by atoms with E-state index in [9.17, 15) is 0 Å². The van der Waals surface area contributed by atoms with Gasteiger partial charge in [0, 0.05) is 0 Å². The third-order valence-electron chi connectivity index (χ3n) is 14.1. The number of rotatable bonds is 53. The maximum atomic E-state index is 2.67. The predicted molar refractivity (Wildman–Crippen MR) is 269 cm³/mol. The third kappa shape index (κ3) is 50.4. The fourth-order valence-electron chi connectivity index (χ4n) is 9.82. The third-order valence-corrected chi connectivity index (χ3v) is 14.1. The minimum atomic E-state index is 0.943. The molecule has 0 bridgehead atoms. The first-order valence-electron chi connectivity index (χ1n) is 28.6. The van der Waals surface area contributed by atoms with Crippen LogP contribution in [0.2, 0.25) is 0 Å². The molecule has 0 saturated heterocycles. The molecule has 2 unspecified atom stereocenters. The molecular weight excluding hydrogens is 697 g/mol. The highest BCUT2D eigenvalue weighted by atomic mass is 14.2. The number of hydrogen-bond donors (Lipinski definition) is 0. The normalized spacial score (nSPS) is 12.8. The van der Waals surface area contributed by atoms with E-state index >= 15 is 0 Å². The van der Waals surface area contributed by atoms with E-state index in [4.69, 9.17) is 0 Å². The van der Waals surface area contributed by atoms with E-state index in [0.29, 0.717) is 0 Å². The molecule has 0 fully saturated rings. The van der Waals surface area contributed by atoms with Gasteiger partial charge in [0.05, 0.1) is 0 Å². The lowest BCUT2D eigenvalue weighted by molar-refractivity contribution is 0.370. The molecular formula is C58H117. The Morgan fingerprint density at radius 1 is 0.224 bits per heavy atom. The van der Waals surface area contributed by atoms with E-state index in [2.05, 4.69) is 34.1 Å². The quantitative estimate of drug-likeness (QED) is 0.0537. The average Bonchev–Trinajstić information content (AvgIpc) is 3.23. The summed E-state index contributed by atoms with van der Waals surface area (Å²) in [5, 5.41) is 0. The largest absolute Gasteiger partial charge is 0.0654 e. The van der Waals surface area contributed by atoms with E-state index in [1.165, 1.54) is 327 Å². The van der Waals surface area contributed by atoms with Crippen LogP contribution in [0.1, 0.15) is 355 Å². The topological polar surface area (TPSA) is 0 Å². The van der Waals surface area contributed by atoms with Crippen LogP contribution in [0.25, 0.3) is 0 Å². The zero-order chi connectivity index (χ0) is 41.9. The van der Waals surface area contributed by atoms with Gasteiger partial charge in [-0.05, 0) is 18.3 Å². The van der Waals surface area contributed by atoms with Crippen molar-refractivity contribution in [3.05, 3.63) is 6.42 Å². The molecule has 0 aliphatic heterocycles. The molecule has 0 nitrogen and oxygen atoms in total. The second-order valence-electron chi connectivity index (χ2n) is 20.3. The van der Waals surface area contributed by atoms with Crippen molar-refractivity contribution in [1.29, 1.82) is 0 Å². The van der Waals surface area contributed by atoms with Crippen molar-refractivity contribution in [1.82, 2.24) is 0 Å². The van der Waals surface area contributed by atoms with Crippen molar-refractivity contribution in [2.75, 3.05) is 0 Å². The molecule has 1 radical (unpaired) electrons. The summed E-state index contributed by atoms with van der Waals surface area (Å²) in [6, 6.07) is 0. The van der Waals surface area contributed by atoms with Gasteiger partial charge in [0.25, 0.3) is 0 Å². The van der Waals surface area contributed by atoms with E-state index in [1.807, 2.05) is 0 Å². The second-order valence-corrected chi connectivity index (χ2v) is 20.3. The van der Waals surface area contributed by atoms with Gasteiger partial charge >= 0.3 is 0 Å². The summed E-state index contributed by atoms with van der Waals surface area (Å²) in [5.41, 5.74) is 0. The zero-order valence-electron chi connectivity index (χ0n) is 41.8. The minimum absolute atomic E-state index is 0.943. The lowest BCUT2D eigenvalue weighted by Gasteiger charge is -2.17. The first kappa shape index (κ1) is 58.0. The lowest BCUT2D eigenvalue weighted by atomic mass is 9.89. The summed E-state index contributed by atoms with van der Waals surface area (Å²) < 4.78 is 0. The SMILES string of the molecule is CCCCCCCCCCCCCCCCCCCC(CCC[CH]CCCCC(C)CCCCCCCCCCCCC)CCCCCCCCCCCCCCC. The van der Waals surface area contributed by atoms with Gasteiger partial charge < -0.3 is 0 Å². The van der Waals surface area contributed by atoms with E-state index in [0.717, 1.165) is 11.8 Å². The number of unbranched alkanes of at least 4 members (excludes halogenated alkanes) is 43. The Labute approximate surface area is 372 Å². The monoisotopic (exact) mass is 814 g/mol. The maximum Gasteiger partial charge on any atom is -0.0386 e. The molecule has 0 saturated carbocycles. The van der Waals surface area contributed by atoms with Gasteiger partial charge in [-0.1, -0.05) is 355 Å². The highest BCUT2D eigenvalue weighted by Crippen LogP contribution is 2.26. The second kappa shape index (κ2) is 53.1. The van der Waals surface area contributed by atoms with E-state index < -0.39 is 0 Å². The van der Waals surface area contributed by atoms with Crippen LogP contribution in [0.4, 0.5) is 0 Å². The van der Waals surface area contributed by atoms with Gasteiger partial charge in [-0.25, -0.2) is 0 Å². The van der Waals surface area contributed by atoms with Crippen molar-refractivity contribution < 1.29 is 0 Å². The molecule has 0 aliphatic rings. The van der Waals surface area contributed by atoms with Crippen LogP contribution in [0.5, 0.6) is 0 Å². The molecule has 0 aromatic heterocycles. The van der Waals surface area contributed by atoms with Gasteiger partial charge in [0.1, 0.15) is 0 Å². The van der Waals surface area contributed by atoms with Crippen LogP contribution in [0.3, 0.4) is 0 Å². The molecule has 2 atom stereocenters. The van der Waals surface area contributed by atoms with Crippen molar-refractivity contribution in [2.45, 2.75) is 355 Å². The first-order valence-corrected chi connectivity index (χ1v) is 28.6. The summed E-state index contributed by atoms with van der Waals surface area (Å²) in [5.74, 6) is 1.95. The summed E-state index contributed by atoms with van der Waals surface area (Å²) in [4.78, 5) is 0. The first-order chi connectivity index (χ1) is 28.7. The molecule has 0 amide bonds. The van der Waals surface area contributed by atoms with Gasteiger partial charge in [-0.15, -0.1) is 0 Å². The van der Waals surface area contributed by atoms with Crippen molar-refractivity contribution in [3.8, 4) is 0 Å². The Morgan fingerprint density at radius 3 is 0.724 bits per heavy atom. The van der Waals surface area contributed by atoms with Crippen LogP contribution in [-0.4, -0.2) is 0 Å². The highest BCUT2D eigenvalue weighted by Gasteiger charge is 2.09. The Hall–Kier alpha value is 0. The molecule has 58 heavy (non-hydrogen) atoms. The Kier molecular flexibility index (Phi) is 53.1. The molecule has 0 rings (SSSR count). The van der Waals surface area contributed by atoms with Gasteiger partial charge in [-0.2, -0.15) is 0 Å². The summed E-state index contributed by atoms with van der Waals surface area (Å²) >= 11 is 0. The van der Waals surface area contributed by atoms with Crippen molar-refractivity contribution in [2.24, 2.45) is 11.8 Å². The molecule has 0 N–H and O–H groups in total. The fraction of sp³-hybridized carbons (Fsp3) is 0.983. The molecule has 0 spiro atoms. The molecule has 0 heterocycles. The van der Waals surface area contributed by atoms with Crippen LogP contribution in [0, 0.1) is 18.3 Å². The highest BCUT2D eigenvalue weighted by molar-refractivity contribution is 4.69. The summed E-state index contributed by atoms with van der Waals surface area (Å²) in [7, 11) is 0. The molecule has 0 heteroatoms. The Bertz CT molecular complexity index is 680. The molecule has 0 aromatic carbocycles.